The predicted octanol–water partition coefficient (Wildman–Crippen LogP) is 4.68. The molecule has 0 spiro atoms. The van der Waals surface area contributed by atoms with E-state index in [1.54, 1.807) is 11.6 Å². The van der Waals surface area contributed by atoms with Crippen molar-refractivity contribution >= 4 is 11.7 Å². The van der Waals surface area contributed by atoms with E-state index in [1.807, 2.05) is 0 Å². The average molecular weight is 422 g/mol. The summed E-state index contributed by atoms with van der Waals surface area (Å²) < 4.78 is 69.0. The number of benzene rings is 2. The molecular formula is C20H15F5N4O. The molecule has 0 saturated heterocycles. The molecule has 5 nitrogen and oxygen atoms in total. The maximum atomic E-state index is 14.2. The Morgan fingerprint density at radius 3 is 2.40 bits per heavy atom. The molecule has 1 unspecified atom stereocenters. The smallest absolute Gasteiger partial charge is 0.314 e. The second-order valence-corrected chi connectivity index (χ2v) is 6.97. The summed E-state index contributed by atoms with van der Waals surface area (Å²) in [5.41, 5.74) is 0.809. The summed E-state index contributed by atoms with van der Waals surface area (Å²) in [4.78, 5) is 14.1. The van der Waals surface area contributed by atoms with Crippen LogP contribution in [0, 0.1) is 29.1 Å². The van der Waals surface area contributed by atoms with Gasteiger partial charge in [0.25, 0.3) is 0 Å². The van der Waals surface area contributed by atoms with Gasteiger partial charge < -0.3 is 10.2 Å². The number of amides is 2. The molecule has 1 aliphatic rings. The first-order valence-corrected chi connectivity index (χ1v) is 8.97. The van der Waals surface area contributed by atoms with E-state index in [0.29, 0.717) is 23.4 Å². The third-order valence-corrected chi connectivity index (χ3v) is 4.96. The van der Waals surface area contributed by atoms with Crippen LogP contribution < -0.4 is 5.32 Å². The van der Waals surface area contributed by atoms with E-state index in [9.17, 15) is 26.7 Å². The second kappa shape index (κ2) is 7.43. The lowest BCUT2D eigenvalue weighted by Gasteiger charge is -2.34. The summed E-state index contributed by atoms with van der Waals surface area (Å²) in [6.07, 6.45) is 1.44. The number of hydrogen-bond acceptors (Lipinski definition) is 2. The summed E-state index contributed by atoms with van der Waals surface area (Å²) in [6.45, 7) is 2.05. The van der Waals surface area contributed by atoms with E-state index in [1.165, 1.54) is 17.2 Å². The summed E-state index contributed by atoms with van der Waals surface area (Å²) in [5.74, 6) is -5.97. The number of halogens is 5. The molecule has 2 heterocycles. The number of hydrogen-bond donors (Lipinski definition) is 1. The van der Waals surface area contributed by atoms with Crippen LogP contribution in [0.25, 0.3) is 11.1 Å². The van der Waals surface area contributed by atoms with Gasteiger partial charge in [-0.3, -0.25) is 4.68 Å². The van der Waals surface area contributed by atoms with Gasteiger partial charge in [-0.2, -0.15) is 5.10 Å². The number of carbonyl (C=O) groups is 1. The minimum absolute atomic E-state index is 0.0192. The minimum atomic E-state index is -1.63. The number of carbonyl (C=O) groups excluding carboxylic acids is 1. The van der Waals surface area contributed by atoms with Crippen molar-refractivity contribution in [2.45, 2.75) is 26.1 Å². The largest absolute Gasteiger partial charge is 0.322 e. The lowest BCUT2D eigenvalue weighted by atomic mass is 10.0. The van der Waals surface area contributed by atoms with Crippen molar-refractivity contribution < 1.29 is 26.7 Å². The van der Waals surface area contributed by atoms with Crippen LogP contribution in [-0.2, 0) is 13.1 Å². The third kappa shape index (κ3) is 3.49. The lowest BCUT2D eigenvalue weighted by Crippen LogP contribution is -2.47. The van der Waals surface area contributed by atoms with E-state index in [0.717, 1.165) is 12.1 Å². The van der Waals surface area contributed by atoms with Gasteiger partial charge in [-0.15, -0.1) is 0 Å². The number of fused-ring (bicyclic) bond motifs is 1. The number of urea groups is 1. The molecule has 1 atom stereocenters. The first kappa shape index (κ1) is 19.9. The van der Waals surface area contributed by atoms with Crippen molar-refractivity contribution in [3.63, 3.8) is 0 Å². The molecule has 156 valence electrons. The minimum Gasteiger partial charge on any atom is -0.314 e. The highest BCUT2D eigenvalue weighted by Crippen LogP contribution is 2.31. The molecule has 0 bridgehead atoms. The number of nitrogens with one attached hydrogen (secondary N) is 1. The molecule has 1 aromatic heterocycles. The van der Waals surface area contributed by atoms with E-state index < -0.39 is 35.1 Å². The van der Waals surface area contributed by atoms with Crippen LogP contribution >= 0.6 is 0 Å². The van der Waals surface area contributed by atoms with Crippen molar-refractivity contribution in [2.75, 3.05) is 5.32 Å². The molecule has 30 heavy (non-hydrogen) atoms. The zero-order valence-electron chi connectivity index (χ0n) is 15.6. The fourth-order valence-electron chi connectivity index (χ4n) is 3.43. The molecule has 0 aliphatic carbocycles. The van der Waals surface area contributed by atoms with Crippen molar-refractivity contribution in [3.8, 4) is 11.1 Å². The monoisotopic (exact) mass is 422 g/mol. The topological polar surface area (TPSA) is 50.2 Å². The Morgan fingerprint density at radius 1 is 1.03 bits per heavy atom. The van der Waals surface area contributed by atoms with Crippen LogP contribution in [0.3, 0.4) is 0 Å². The number of aromatic nitrogens is 2. The van der Waals surface area contributed by atoms with Crippen molar-refractivity contribution in [1.82, 2.24) is 14.7 Å². The quantitative estimate of drug-likeness (QED) is 0.482. The van der Waals surface area contributed by atoms with Gasteiger partial charge in [0.15, 0.2) is 17.5 Å². The van der Waals surface area contributed by atoms with Crippen molar-refractivity contribution in [3.05, 3.63) is 71.3 Å². The number of anilines is 1. The van der Waals surface area contributed by atoms with Gasteiger partial charge in [-0.1, -0.05) is 0 Å². The molecule has 1 N–H and O–H groups in total. The van der Waals surface area contributed by atoms with Crippen LogP contribution in [-0.4, -0.2) is 26.8 Å². The third-order valence-electron chi connectivity index (χ3n) is 4.96. The van der Waals surface area contributed by atoms with Crippen LogP contribution in [0.5, 0.6) is 0 Å². The molecule has 2 aromatic carbocycles. The summed E-state index contributed by atoms with van der Waals surface area (Å²) in [7, 11) is 0. The Bertz CT molecular complexity index is 1120. The van der Waals surface area contributed by atoms with Gasteiger partial charge in [0.2, 0.25) is 0 Å². The van der Waals surface area contributed by atoms with Crippen molar-refractivity contribution in [1.29, 1.82) is 0 Å². The first-order valence-electron chi connectivity index (χ1n) is 8.97. The number of rotatable bonds is 2. The van der Waals surface area contributed by atoms with E-state index in [4.69, 9.17) is 0 Å². The Balaban J connectivity index is 1.61. The maximum Gasteiger partial charge on any atom is 0.322 e. The van der Waals surface area contributed by atoms with Gasteiger partial charge in [-0.05, 0) is 19.1 Å². The number of nitrogens with zero attached hydrogens (tertiary/aromatic N) is 3. The zero-order chi connectivity index (χ0) is 21.6. The molecule has 0 radical (unpaired) electrons. The van der Waals surface area contributed by atoms with Crippen LogP contribution in [0.4, 0.5) is 32.4 Å². The lowest BCUT2D eigenvalue weighted by molar-refractivity contribution is 0.162. The molecule has 0 saturated carbocycles. The molecule has 1 aliphatic heterocycles. The second-order valence-electron chi connectivity index (χ2n) is 6.97. The molecular weight excluding hydrogens is 407 g/mol. The van der Waals surface area contributed by atoms with Crippen LogP contribution in [0.15, 0.2) is 36.5 Å². The Morgan fingerprint density at radius 2 is 1.73 bits per heavy atom. The normalized spacial score (nSPS) is 15.8. The summed E-state index contributed by atoms with van der Waals surface area (Å²) in [5, 5.41) is 6.55. The predicted molar refractivity (Wildman–Crippen MR) is 97.9 cm³/mol. The maximum absolute atomic E-state index is 14.2. The van der Waals surface area contributed by atoms with Gasteiger partial charge >= 0.3 is 6.03 Å². The molecule has 0 fully saturated rings. The Hall–Kier alpha value is -3.43. The van der Waals surface area contributed by atoms with Crippen LogP contribution in [0.2, 0.25) is 0 Å². The van der Waals surface area contributed by atoms with E-state index >= 15 is 0 Å². The SMILES string of the molecule is CC1Cn2ncc(-c3ccc(F)cc3F)c2CN1C(=O)Nc1cc(F)c(F)c(F)c1. The van der Waals surface area contributed by atoms with Crippen molar-refractivity contribution in [2.24, 2.45) is 0 Å². The summed E-state index contributed by atoms with van der Waals surface area (Å²) in [6, 6.07) is 3.49. The zero-order valence-corrected chi connectivity index (χ0v) is 15.6. The van der Waals surface area contributed by atoms with Gasteiger partial charge in [0, 0.05) is 35.0 Å². The highest BCUT2D eigenvalue weighted by molar-refractivity contribution is 5.89. The molecule has 3 aromatic rings. The Labute approximate surface area is 167 Å². The fraction of sp³-hybridized carbons (Fsp3) is 0.200. The highest BCUT2D eigenvalue weighted by Gasteiger charge is 2.30. The van der Waals surface area contributed by atoms with E-state index in [-0.39, 0.29) is 30.4 Å². The van der Waals surface area contributed by atoms with Crippen LogP contribution in [0.1, 0.15) is 12.6 Å². The highest BCUT2D eigenvalue weighted by atomic mass is 19.2. The first-order chi connectivity index (χ1) is 14.2. The standard InChI is InChI=1S/C20H15F5N4O/c1-10-8-29-18(14(7-26-29)13-3-2-11(21)4-15(13)22)9-28(10)20(30)27-12-5-16(23)19(25)17(24)6-12/h2-7,10H,8-9H2,1H3,(H,27,30). The van der Waals surface area contributed by atoms with E-state index in [2.05, 4.69) is 10.4 Å². The molecule has 2 amide bonds. The van der Waals surface area contributed by atoms with Gasteiger partial charge in [-0.25, -0.2) is 26.7 Å². The summed E-state index contributed by atoms with van der Waals surface area (Å²) >= 11 is 0. The average Bonchev–Trinajstić information content (AvgIpc) is 3.07. The van der Waals surface area contributed by atoms with Gasteiger partial charge in [0.1, 0.15) is 11.6 Å². The molecule has 4 rings (SSSR count). The fourth-order valence-corrected chi connectivity index (χ4v) is 3.43. The molecule has 10 heteroatoms. The Kier molecular flexibility index (Phi) is 4.92. The van der Waals surface area contributed by atoms with Gasteiger partial charge in [0.05, 0.1) is 31.0 Å².